The molecule has 0 saturated carbocycles. The van der Waals surface area contributed by atoms with Crippen molar-refractivity contribution in [3.63, 3.8) is 0 Å². The number of nitro benzene ring substituents is 1. The van der Waals surface area contributed by atoms with Crippen LogP contribution in [0.15, 0.2) is 12.1 Å². The SMILES string of the molecule is Cc1cc([N+](=O)[O-])cc(C(=O)N2CCCC2C#N)c1F. The molecule has 1 atom stereocenters. The molecule has 1 aliphatic rings. The minimum Gasteiger partial charge on any atom is -0.323 e. The maximum absolute atomic E-state index is 14.0. The number of carbonyl (C=O) groups excluding carboxylic acids is 1. The van der Waals surface area contributed by atoms with E-state index >= 15 is 0 Å². The van der Waals surface area contributed by atoms with Crippen LogP contribution in [-0.4, -0.2) is 28.3 Å². The van der Waals surface area contributed by atoms with Crippen molar-refractivity contribution >= 4 is 11.6 Å². The number of nitrogens with zero attached hydrogens (tertiary/aromatic N) is 3. The van der Waals surface area contributed by atoms with Gasteiger partial charge in [0.2, 0.25) is 0 Å². The summed E-state index contributed by atoms with van der Waals surface area (Å²) in [6, 6.07) is 3.40. The molecule has 0 N–H and O–H groups in total. The molecule has 7 heteroatoms. The van der Waals surface area contributed by atoms with Crippen LogP contribution < -0.4 is 0 Å². The lowest BCUT2D eigenvalue weighted by Gasteiger charge is -2.20. The Morgan fingerprint density at radius 2 is 2.30 bits per heavy atom. The second kappa shape index (κ2) is 5.25. The van der Waals surface area contributed by atoms with E-state index < -0.39 is 22.7 Å². The van der Waals surface area contributed by atoms with Crippen molar-refractivity contribution in [2.24, 2.45) is 0 Å². The summed E-state index contributed by atoms with van der Waals surface area (Å²) in [7, 11) is 0. The van der Waals surface area contributed by atoms with Gasteiger partial charge in [-0.1, -0.05) is 0 Å². The van der Waals surface area contributed by atoms with Crippen molar-refractivity contribution < 1.29 is 14.1 Å². The lowest BCUT2D eigenvalue weighted by molar-refractivity contribution is -0.385. The van der Waals surface area contributed by atoms with Gasteiger partial charge in [0.1, 0.15) is 11.9 Å². The third-order valence-electron chi connectivity index (χ3n) is 3.34. The van der Waals surface area contributed by atoms with Crippen LogP contribution in [0.4, 0.5) is 10.1 Å². The molecule has 1 aromatic rings. The van der Waals surface area contributed by atoms with Crippen LogP contribution in [-0.2, 0) is 0 Å². The zero-order valence-electron chi connectivity index (χ0n) is 10.8. The smallest absolute Gasteiger partial charge is 0.270 e. The number of rotatable bonds is 2. The molecule has 2 rings (SSSR count). The monoisotopic (exact) mass is 277 g/mol. The Morgan fingerprint density at radius 1 is 1.60 bits per heavy atom. The maximum Gasteiger partial charge on any atom is 0.270 e. The number of hydrogen-bond acceptors (Lipinski definition) is 4. The van der Waals surface area contributed by atoms with Gasteiger partial charge in [0, 0.05) is 18.7 Å². The first kappa shape index (κ1) is 13.9. The summed E-state index contributed by atoms with van der Waals surface area (Å²) in [5, 5.41) is 19.7. The molecular formula is C13H12FN3O3. The Bertz CT molecular complexity index is 624. The summed E-state index contributed by atoms with van der Waals surface area (Å²) < 4.78 is 14.0. The highest BCUT2D eigenvalue weighted by molar-refractivity contribution is 5.96. The van der Waals surface area contributed by atoms with Gasteiger partial charge in [0.15, 0.2) is 0 Å². The van der Waals surface area contributed by atoms with E-state index in [-0.39, 0.29) is 16.8 Å². The first-order valence-electron chi connectivity index (χ1n) is 6.11. The summed E-state index contributed by atoms with van der Waals surface area (Å²) in [6.07, 6.45) is 1.21. The molecule has 0 spiro atoms. The van der Waals surface area contributed by atoms with Gasteiger partial charge in [-0.3, -0.25) is 14.9 Å². The summed E-state index contributed by atoms with van der Waals surface area (Å²) in [5.74, 6) is -1.44. The van der Waals surface area contributed by atoms with E-state index in [0.29, 0.717) is 19.4 Å². The number of benzene rings is 1. The predicted molar refractivity (Wildman–Crippen MR) is 67.5 cm³/mol. The van der Waals surface area contributed by atoms with E-state index in [9.17, 15) is 19.3 Å². The largest absolute Gasteiger partial charge is 0.323 e. The first-order valence-corrected chi connectivity index (χ1v) is 6.11. The normalized spacial score (nSPS) is 17.9. The molecule has 1 heterocycles. The molecule has 20 heavy (non-hydrogen) atoms. The number of amides is 1. The van der Waals surface area contributed by atoms with Crippen molar-refractivity contribution in [1.29, 1.82) is 5.26 Å². The van der Waals surface area contributed by atoms with E-state index in [1.165, 1.54) is 11.8 Å². The van der Waals surface area contributed by atoms with Gasteiger partial charge in [0.05, 0.1) is 16.6 Å². The minimum absolute atomic E-state index is 0.0373. The average Bonchev–Trinajstić information content (AvgIpc) is 2.89. The van der Waals surface area contributed by atoms with Crippen molar-refractivity contribution in [2.45, 2.75) is 25.8 Å². The minimum atomic E-state index is -0.774. The Balaban J connectivity index is 2.44. The van der Waals surface area contributed by atoms with Crippen LogP contribution >= 0.6 is 0 Å². The number of nitriles is 1. The van der Waals surface area contributed by atoms with Crippen molar-refractivity contribution in [3.8, 4) is 6.07 Å². The number of halogens is 1. The molecule has 1 aromatic carbocycles. The van der Waals surface area contributed by atoms with Crippen molar-refractivity contribution in [1.82, 2.24) is 4.90 Å². The number of carbonyl (C=O) groups is 1. The zero-order chi connectivity index (χ0) is 14.9. The zero-order valence-corrected chi connectivity index (χ0v) is 10.8. The summed E-state index contributed by atoms with van der Waals surface area (Å²) >= 11 is 0. The fraction of sp³-hybridized carbons (Fsp3) is 0.385. The summed E-state index contributed by atoms with van der Waals surface area (Å²) in [5.41, 5.74) is -0.644. The van der Waals surface area contributed by atoms with Crippen molar-refractivity contribution in [3.05, 3.63) is 39.2 Å². The van der Waals surface area contributed by atoms with E-state index in [0.717, 1.165) is 12.1 Å². The first-order chi connectivity index (χ1) is 9.45. The number of hydrogen-bond donors (Lipinski definition) is 0. The quantitative estimate of drug-likeness (QED) is 0.612. The highest BCUT2D eigenvalue weighted by Gasteiger charge is 2.32. The average molecular weight is 277 g/mol. The Kier molecular flexibility index (Phi) is 3.66. The van der Waals surface area contributed by atoms with Crippen LogP contribution in [0.2, 0.25) is 0 Å². The molecule has 6 nitrogen and oxygen atoms in total. The van der Waals surface area contributed by atoms with Gasteiger partial charge in [-0.2, -0.15) is 5.26 Å². The fourth-order valence-electron chi connectivity index (χ4n) is 2.31. The van der Waals surface area contributed by atoms with Crippen LogP contribution in [0.25, 0.3) is 0 Å². The molecule has 1 aliphatic heterocycles. The number of non-ortho nitro benzene ring substituents is 1. The molecule has 0 radical (unpaired) electrons. The molecule has 1 unspecified atom stereocenters. The topological polar surface area (TPSA) is 87.2 Å². The van der Waals surface area contributed by atoms with Gasteiger partial charge < -0.3 is 4.90 Å². The van der Waals surface area contributed by atoms with Gasteiger partial charge in [-0.15, -0.1) is 0 Å². The number of aryl methyl sites for hydroxylation is 1. The summed E-state index contributed by atoms with van der Waals surface area (Å²) in [6.45, 7) is 1.73. The van der Waals surface area contributed by atoms with Gasteiger partial charge in [-0.25, -0.2) is 4.39 Å². The van der Waals surface area contributed by atoms with Crippen molar-refractivity contribution in [2.75, 3.05) is 6.54 Å². The predicted octanol–water partition coefficient (Wildman–Crippen LogP) is 2.17. The van der Waals surface area contributed by atoms with Gasteiger partial charge in [0.25, 0.3) is 11.6 Å². The highest BCUT2D eigenvalue weighted by Crippen LogP contribution is 2.25. The lowest BCUT2D eigenvalue weighted by atomic mass is 10.1. The second-order valence-corrected chi connectivity index (χ2v) is 4.67. The molecule has 1 amide bonds. The molecule has 1 fully saturated rings. The number of likely N-dealkylation sites (tertiary alicyclic amines) is 1. The third-order valence-corrected chi connectivity index (χ3v) is 3.34. The van der Waals surface area contributed by atoms with Crippen LogP contribution in [0.3, 0.4) is 0 Å². The Labute approximate surface area is 114 Å². The second-order valence-electron chi connectivity index (χ2n) is 4.67. The van der Waals surface area contributed by atoms with Crippen LogP contribution in [0, 0.1) is 34.2 Å². The molecule has 0 aromatic heterocycles. The molecular weight excluding hydrogens is 265 g/mol. The Morgan fingerprint density at radius 3 is 2.90 bits per heavy atom. The standard InChI is InChI=1S/C13H12FN3O3/c1-8-5-10(17(19)20)6-11(12(8)14)13(18)16-4-2-3-9(16)7-15/h5-6,9H,2-4H2,1H3. The molecule has 0 bridgehead atoms. The lowest BCUT2D eigenvalue weighted by Crippen LogP contribution is -2.35. The van der Waals surface area contributed by atoms with E-state index in [2.05, 4.69) is 0 Å². The van der Waals surface area contributed by atoms with Crippen LogP contribution in [0.1, 0.15) is 28.8 Å². The molecule has 1 saturated heterocycles. The van der Waals surface area contributed by atoms with Gasteiger partial charge in [-0.05, 0) is 25.3 Å². The molecule has 0 aliphatic carbocycles. The van der Waals surface area contributed by atoms with E-state index in [4.69, 9.17) is 5.26 Å². The van der Waals surface area contributed by atoms with Gasteiger partial charge >= 0.3 is 0 Å². The third kappa shape index (κ3) is 2.32. The van der Waals surface area contributed by atoms with E-state index in [1.807, 2.05) is 6.07 Å². The fourth-order valence-corrected chi connectivity index (χ4v) is 2.31. The Hall–Kier alpha value is -2.49. The maximum atomic E-state index is 14.0. The molecule has 104 valence electrons. The van der Waals surface area contributed by atoms with E-state index in [1.54, 1.807) is 0 Å². The van der Waals surface area contributed by atoms with Crippen LogP contribution in [0.5, 0.6) is 0 Å². The highest BCUT2D eigenvalue weighted by atomic mass is 19.1. The summed E-state index contributed by atoms with van der Waals surface area (Å²) in [4.78, 5) is 23.7. The number of nitro groups is 1.